The second-order valence-electron chi connectivity index (χ2n) is 3.32. The van der Waals surface area contributed by atoms with E-state index in [9.17, 15) is 9.59 Å². The monoisotopic (exact) mass is 243 g/mol. The number of aryl methyl sites for hydroxylation is 1. The van der Waals surface area contributed by atoms with Gasteiger partial charge in [0, 0.05) is 11.8 Å². The van der Waals surface area contributed by atoms with E-state index >= 15 is 0 Å². The van der Waals surface area contributed by atoms with Crippen LogP contribution in [0, 0.1) is 6.92 Å². The molecule has 0 spiro atoms. The number of aliphatic carboxylic acids is 1. The van der Waals surface area contributed by atoms with Crippen LogP contribution in [0.3, 0.4) is 0 Å². The average Bonchev–Trinajstić information content (AvgIpc) is 2.60. The van der Waals surface area contributed by atoms with Gasteiger partial charge in [-0.05, 0) is 13.3 Å². The fourth-order valence-electron chi connectivity index (χ4n) is 1.02. The number of rotatable bonds is 5. The predicted octanol–water partition coefficient (Wildman–Crippen LogP) is 0.582. The van der Waals surface area contributed by atoms with Crippen LogP contribution in [-0.4, -0.2) is 28.0 Å². The first kappa shape index (κ1) is 12.6. The van der Waals surface area contributed by atoms with Gasteiger partial charge in [0.2, 0.25) is 5.91 Å². The van der Waals surface area contributed by atoms with Crippen molar-refractivity contribution in [1.82, 2.24) is 4.98 Å². The van der Waals surface area contributed by atoms with Gasteiger partial charge in [-0.3, -0.25) is 9.59 Å². The summed E-state index contributed by atoms with van der Waals surface area (Å²) >= 11 is 1.30. The number of carboxylic acids is 1. The van der Waals surface area contributed by atoms with E-state index in [1.807, 2.05) is 6.92 Å². The molecule has 1 aromatic heterocycles. The molecule has 1 atom stereocenters. The first-order chi connectivity index (χ1) is 7.49. The second-order valence-corrected chi connectivity index (χ2v) is 4.18. The SMILES string of the molecule is Cc1csc(NC(=O)C(N)CCC(=O)O)n1. The smallest absolute Gasteiger partial charge is 0.303 e. The molecule has 16 heavy (non-hydrogen) atoms. The summed E-state index contributed by atoms with van der Waals surface area (Å²) < 4.78 is 0. The number of anilines is 1. The van der Waals surface area contributed by atoms with E-state index in [4.69, 9.17) is 10.8 Å². The molecular weight excluding hydrogens is 230 g/mol. The van der Waals surface area contributed by atoms with E-state index in [1.54, 1.807) is 5.38 Å². The number of amides is 1. The van der Waals surface area contributed by atoms with E-state index < -0.39 is 17.9 Å². The van der Waals surface area contributed by atoms with Crippen molar-refractivity contribution in [3.63, 3.8) is 0 Å². The van der Waals surface area contributed by atoms with Crippen molar-refractivity contribution in [1.29, 1.82) is 0 Å². The van der Waals surface area contributed by atoms with Crippen molar-refractivity contribution in [2.45, 2.75) is 25.8 Å². The molecule has 1 unspecified atom stereocenters. The molecule has 1 rings (SSSR count). The summed E-state index contributed by atoms with van der Waals surface area (Å²) in [5.41, 5.74) is 6.34. The maximum absolute atomic E-state index is 11.5. The minimum atomic E-state index is -0.964. The zero-order valence-corrected chi connectivity index (χ0v) is 9.58. The van der Waals surface area contributed by atoms with Gasteiger partial charge in [0.05, 0.1) is 11.7 Å². The molecule has 1 aromatic rings. The highest BCUT2D eigenvalue weighted by Gasteiger charge is 2.15. The Balaban J connectivity index is 2.42. The highest BCUT2D eigenvalue weighted by atomic mass is 32.1. The Kier molecular flexibility index (Phi) is 4.39. The van der Waals surface area contributed by atoms with Crippen molar-refractivity contribution in [2.75, 3.05) is 5.32 Å². The van der Waals surface area contributed by atoms with Crippen molar-refractivity contribution in [3.05, 3.63) is 11.1 Å². The number of carbonyl (C=O) groups is 2. The molecule has 88 valence electrons. The molecule has 0 radical (unpaired) electrons. The van der Waals surface area contributed by atoms with Gasteiger partial charge in [-0.15, -0.1) is 11.3 Å². The van der Waals surface area contributed by atoms with Crippen LogP contribution in [0.1, 0.15) is 18.5 Å². The molecular formula is C9H13N3O3S. The lowest BCUT2D eigenvalue weighted by atomic mass is 10.1. The summed E-state index contributed by atoms with van der Waals surface area (Å²) in [6.45, 7) is 1.82. The average molecular weight is 243 g/mol. The van der Waals surface area contributed by atoms with Gasteiger partial charge >= 0.3 is 5.97 Å². The summed E-state index contributed by atoms with van der Waals surface area (Å²) in [5.74, 6) is -1.37. The van der Waals surface area contributed by atoms with Crippen molar-refractivity contribution >= 4 is 28.3 Å². The van der Waals surface area contributed by atoms with Crippen LogP contribution in [-0.2, 0) is 9.59 Å². The molecule has 1 heterocycles. The van der Waals surface area contributed by atoms with E-state index in [0.717, 1.165) is 5.69 Å². The lowest BCUT2D eigenvalue weighted by Crippen LogP contribution is -2.36. The van der Waals surface area contributed by atoms with E-state index in [-0.39, 0.29) is 12.8 Å². The second kappa shape index (κ2) is 5.57. The minimum absolute atomic E-state index is 0.117. The molecule has 0 saturated heterocycles. The Hall–Kier alpha value is -1.47. The minimum Gasteiger partial charge on any atom is -0.481 e. The van der Waals surface area contributed by atoms with Crippen LogP contribution in [0.15, 0.2) is 5.38 Å². The molecule has 0 bridgehead atoms. The van der Waals surface area contributed by atoms with Crippen LogP contribution in [0.5, 0.6) is 0 Å². The Morgan fingerprint density at radius 1 is 1.69 bits per heavy atom. The van der Waals surface area contributed by atoms with Gasteiger partial charge in [-0.25, -0.2) is 4.98 Å². The van der Waals surface area contributed by atoms with Gasteiger partial charge in [0.25, 0.3) is 0 Å². The third kappa shape index (κ3) is 3.95. The Morgan fingerprint density at radius 3 is 2.88 bits per heavy atom. The Labute approximate surface area is 96.5 Å². The van der Waals surface area contributed by atoms with Crippen molar-refractivity contribution in [3.8, 4) is 0 Å². The standard InChI is InChI=1S/C9H13N3O3S/c1-5-4-16-9(11-5)12-8(15)6(10)2-3-7(13)14/h4,6H,2-3,10H2,1H3,(H,13,14)(H,11,12,15). The molecule has 1 amide bonds. The Morgan fingerprint density at radius 2 is 2.38 bits per heavy atom. The van der Waals surface area contributed by atoms with Gasteiger partial charge in [-0.2, -0.15) is 0 Å². The summed E-state index contributed by atoms with van der Waals surface area (Å²) in [5, 5.41) is 13.3. The lowest BCUT2D eigenvalue weighted by molar-refractivity contribution is -0.137. The highest BCUT2D eigenvalue weighted by molar-refractivity contribution is 7.13. The third-order valence-corrected chi connectivity index (χ3v) is 2.73. The molecule has 0 fully saturated rings. The molecule has 0 saturated carbocycles. The summed E-state index contributed by atoms with van der Waals surface area (Å²) in [4.78, 5) is 25.8. The number of hydrogen-bond donors (Lipinski definition) is 3. The fraction of sp³-hybridized carbons (Fsp3) is 0.444. The van der Waals surface area contributed by atoms with Crippen molar-refractivity contribution < 1.29 is 14.7 Å². The van der Waals surface area contributed by atoms with Gasteiger partial charge in [0.15, 0.2) is 5.13 Å². The number of carboxylic acid groups (broad SMARTS) is 1. The largest absolute Gasteiger partial charge is 0.481 e. The molecule has 0 aliphatic carbocycles. The highest BCUT2D eigenvalue weighted by Crippen LogP contribution is 2.14. The lowest BCUT2D eigenvalue weighted by Gasteiger charge is -2.08. The zero-order chi connectivity index (χ0) is 12.1. The van der Waals surface area contributed by atoms with Crippen LogP contribution < -0.4 is 11.1 Å². The molecule has 0 aliphatic rings. The number of nitrogens with zero attached hydrogens (tertiary/aromatic N) is 1. The third-order valence-electron chi connectivity index (χ3n) is 1.86. The van der Waals surface area contributed by atoms with Gasteiger partial charge in [0.1, 0.15) is 0 Å². The quantitative estimate of drug-likeness (QED) is 0.701. The predicted molar refractivity (Wildman–Crippen MR) is 60.3 cm³/mol. The number of hydrogen-bond acceptors (Lipinski definition) is 5. The molecule has 0 aromatic carbocycles. The van der Waals surface area contributed by atoms with E-state index in [0.29, 0.717) is 5.13 Å². The summed E-state index contributed by atoms with van der Waals surface area (Å²) in [6, 6.07) is -0.819. The molecule has 0 aliphatic heterocycles. The first-order valence-electron chi connectivity index (χ1n) is 4.69. The molecule has 6 nitrogen and oxygen atoms in total. The topological polar surface area (TPSA) is 105 Å². The van der Waals surface area contributed by atoms with Crippen LogP contribution in [0.2, 0.25) is 0 Å². The Bertz CT molecular complexity index is 391. The molecule has 7 heteroatoms. The number of nitrogens with two attached hydrogens (primary N) is 1. The van der Waals surface area contributed by atoms with Crippen LogP contribution in [0.25, 0.3) is 0 Å². The summed E-state index contributed by atoms with van der Waals surface area (Å²) in [7, 11) is 0. The summed E-state index contributed by atoms with van der Waals surface area (Å²) in [6.07, 6.45) is -0.00297. The van der Waals surface area contributed by atoms with Gasteiger partial charge < -0.3 is 16.2 Å². The number of aromatic nitrogens is 1. The zero-order valence-electron chi connectivity index (χ0n) is 8.77. The van der Waals surface area contributed by atoms with E-state index in [1.165, 1.54) is 11.3 Å². The maximum Gasteiger partial charge on any atom is 0.303 e. The van der Waals surface area contributed by atoms with Crippen LogP contribution in [0.4, 0.5) is 5.13 Å². The van der Waals surface area contributed by atoms with E-state index in [2.05, 4.69) is 10.3 Å². The number of carbonyl (C=O) groups excluding carboxylic acids is 1. The number of nitrogens with one attached hydrogen (secondary N) is 1. The maximum atomic E-state index is 11.5. The normalized spacial score (nSPS) is 12.1. The first-order valence-corrected chi connectivity index (χ1v) is 5.57. The van der Waals surface area contributed by atoms with Gasteiger partial charge in [-0.1, -0.05) is 0 Å². The van der Waals surface area contributed by atoms with Crippen molar-refractivity contribution in [2.24, 2.45) is 5.73 Å². The molecule has 4 N–H and O–H groups in total. The number of thiazole rings is 1. The van der Waals surface area contributed by atoms with Crippen LogP contribution >= 0.6 is 11.3 Å². The fourth-order valence-corrected chi connectivity index (χ4v) is 1.71.